The number of nitrogens with two attached hydrogens (primary N) is 4. The number of hydrogen-bond donors (Lipinski definition) is 4. The van der Waals surface area contributed by atoms with Gasteiger partial charge in [0.15, 0.2) is 0 Å². The molecule has 0 bridgehead atoms. The highest BCUT2D eigenvalue weighted by Gasteiger charge is 2.38. The van der Waals surface area contributed by atoms with Gasteiger partial charge in [0.2, 0.25) is 0 Å². The lowest BCUT2D eigenvalue weighted by molar-refractivity contribution is 0.0904. The van der Waals surface area contributed by atoms with Crippen molar-refractivity contribution < 1.29 is 0 Å². The zero-order chi connectivity index (χ0) is 20.1. The van der Waals surface area contributed by atoms with Crippen LogP contribution in [0.3, 0.4) is 0 Å². The van der Waals surface area contributed by atoms with Gasteiger partial charge in [-0.15, -0.1) is 0 Å². The lowest BCUT2D eigenvalue weighted by Gasteiger charge is -2.45. The second kappa shape index (κ2) is 10.0. The van der Waals surface area contributed by atoms with E-state index >= 15 is 0 Å². The van der Waals surface area contributed by atoms with Gasteiger partial charge in [0, 0.05) is 18.1 Å². The summed E-state index contributed by atoms with van der Waals surface area (Å²) in [5.41, 5.74) is 24.3. The van der Waals surface area contributed by atoms with Crippen molar-refractivity contribution in [3.05, 3.63) is 0 Å². The first-order valence-corrected chi connectivity index (χ1v) is 11.6. The molecule has 2 atom stereocenters. The molecule has 160 valence electrons. The van der Waals surface area contributed by atoms with E-state index in [9.17, 15) is 0 Å². The fourth-order valence-corrected chi connectivity index (χ4v) is 6.19. The smallest absolute Gasteiger partial charge is 0.00495 e. The van der Waals surface area contributed by atoms with Gasteiger partial charge in [-0.05, 0) is 106 Å². The molecule has 3 fully saturated rings. The SMILES string of the molecule is CC1(C)CC(N)CC(C)(CN)C1.NC1CCC(CC2CCC(N)CC2)CC1. The maximum atomic E-state index is 6.01. The normalized spacial score (nSPS) is 42.1. The van der Waals surface area contributed by atoms with E-state index in [4.69, 9.17) is 22.9 Å². The highest BCUT2D eigenvalue weighted by atomic mass is 14.7. The van der Waals surface area contributed by atoms with E-state index in [2.05, 4.69) is 20.8 Å². The third-order valence-electron chi connectivity index (χ3n) is 7.42. The minimum absolute atomic E-state index is 0.279. The van der Waals surface area contributed by atoms with Gasteiger partial charge in [-0.2, -0.15) is 0 Å². The third kappa shape index (κ3) is 8.00. The molecule has 0 spiro atoms. The van der Waals surface area contributed by atoms with Crippen LogP contribution < -0.4 is 22.9 Å². The molecule has 4 nitrogen and oxygen atoms in total. The molecule has 0 aromatic carbocycles. The quantitative estimate of drug-likeness (QED) is 0.596. The van der Waals surface area contributed by atoms with E-state index in [-0.39, 0.29) is 5.41 Å². The van der Waals surface area contributed by atoms with Crippen molar-refractivity contribution in [3.8, 4) is 0 Å². The van der Waals surface area contributed by atoms with Crippen LogP contribution in [0.5, 0.6) is 0 Å². The maximum Gasteiger partial charge on any atom is 0.00495 e. The summed E-state index contributed by atoms with van der Waals surface area (Å²) in [6.45, 7) is 7.61. The molecule has 3 rings (SSSR count). The summed E-state index contributed by atoms with van der Waals surface area (Å²) in [5, 5.41) is 0. The average Bonchev–Trinajstić information content (AvgIpc) is 2.57. The van der Waals surface area contributed by atoms with E-state index in [1.54, 1.807) is 0 Å². The molecule has 0 aromatic rings. The molecule has 0 radical (unpaired) electrons. The van der Waals surface area contributed by atoms with E-state index in [1.807, 2.05) is 0 Å². The largest absolute Gasteiger partial charge is 0.330 e. The molecule has 3 aliphatic carbocycles. The Balaban J connectivity index is 0.000000199. The molecule has 0 saturated heterocycles. The molecule has 0 amide bonds. The Hall–Kier alpha value is -0.160. The summed E-state index contributed by atoms with van der Waals surface area (Å²) in [7, 11) is 0. The van der Waals surface area contributed by atoms with Gasteiger partial charge in [-0.25, -0.2) is 0 Å². The van der Waals surface area contributed by atoms with E-state index in [0.29, 0.717) is 23.5 Å². The van der Waals surface area contributed by atoms with E-state index in [0.717, 1.165) is 31.2 Å². The Morgan fingerprint density at radius 1 is 0.667 bits per heavy atom. The zero-order valence-corrected chi connectivity index (χ0v) is 18.4. The molecule has 0 aromatic heterocycles. The van der Waals surface area contributed by atoms with E-state index in [1.165, 1.54) is 64.2 Å². The van der Waals surface area contributed by atoms with Crippen LogP contribution in [-0.4, -0.2) is 24.7 Å². The van der Waals surface area contributed by atoms with Crippen LogP contribution in [0.1, 0.15) is 97.8 Å². The predicted octanol–water partition coefficient (Wildman–Crippen LogP) is 3.90. The second-order valence-electron chi connectivity index (χ2n) is 11.3. The molecule has 4 heteroatoms. The fourth-order valence-electron chi connectivity index (χ4n) is 6.19. The first-order chi connectivity index (χ1) is 12.6. The molecule has 2 unspecified atom stereocenters. The minimum atomic E-state index is 0.279. The van der Waals surface area contributed by atoms with Crippen molar-refractivity contribution in [3.63, 3.8) is 0 Å². The maximum absolute atomic E-state index is 6.01. The molecule has 27 heavy (non-hydrogen) atoms. The van der Waals surface area contributed by atoms with Crippen molar-refractivity contribution in [2.75, 3.05) is 6.54 Å². The molecular weight excluding hydrogens is 332 g/mol. The topological polar surface area (TPSA) is 104 Å². The summed E-state index contributed by atoms with van der Waals surface area (Å²) < 4.78 is 0. The van der Waals surface area contributed by atoms with Crippen molar-refractivity contribution in [2.24, 2.45) is 45.6 Å². The molecule has 8 N–H and O–H groups in total. The van der Waals surface area contributed by atoms with Crippen molar-refractivity contribution in [2.45, 2.75) is 116 Å². The van der Waals surface area contributed by atoms with Crippen molar-refractivity contribution >= 4 is 0 Å². The monoisotopic (exact) mass is 380 g/mol. The van der Waals surface area contributed by atoms with Crippen molar-refractivity contribution in [1.29, 1.82) is 0 Å². The van der Waals surface area contributed by atoms with Crippen LogP contribution in [-0.2, 0) is 0 Å². The van der Waals surface area contributed by atoms with Crippen molar-refractivity contribution in [1.82, 2.24) is 0 Å². The number of rotatable bonds is 3. The summed E-state index contributed by atoms with van der Waals surface area (Å²) in [6, 6.07) is 1.35. The van der Waals surface area contributed by atoms with Gasteiger partial charge in [0.25, 0.3) is 0 Å². The highest BCUT2D eigenvalue weighted by molar-refractivity contribution is 4.93. The van der Waals surface area contributed by atoms with Gasteiger partial charge in [0.05, 0.1) is 0 Å². The predicted molar refractivity (Wildman–Crippen MR) is 117 cm³/mol. The van der Waals surface area contributed by atoms with Gasteiger partial charge >= 0.3 is 0 Å². The van der Waals surface area contributed by atoms with Crippen LogP contribution in [0.4, 0.5) is 0 Å². The highest BCUT2D eigenvalue weighted by Crippen LogP contribution is 2.44. The summed E-state index contributed by atoms with van der Waals surface area (Å²) in [4.78, 5) is 0. The second-order valence-corrected chi connectivity index (χ2v) is 11.3. The molecule has 3 saturated carbocycles. The van der Waals surface area contributed by atoms with Crippen LogP contribution >= 0.6 is 0 Å². The van der Waals surface area contributed by atoms with Crippen LogP contribution in [0.2, 0.25) is 0 Å². The average molecular weight is 381 g/mol. The van der Waals surface area contributed by atoms with Crippen LogP contribution in [0.25, 0.3) is 0 Å². The van der Waals surface area contributed by atoms with E-state index < -0.39 is 0 Å². The Kier molecular flexibility index (Phi) is 8.60. The fraction of sp³-hybridized carbons (Fsp3) is 1.00. The minimum Gasteiger partial charge on any atom is -0.330 e. The first kappa shape index (κ1) is 23.1. The zero-order valence-electron chi connectivity index (χ0n) is 18.4. The van der Waals surface area contributed by atoms with Gasteiger partial charge in [-0.1, -0.05) is 20.8 Å². The Morgan fingerprint density at radius 2 is 1.11 bits per heavy atom. The Labute approximate surface area is 168 Å². The Morgan fingerprint density at radius 3 is 1.48 bits per heavy atom. The molecule has 3 aliphatic rings. The summed E-state index contributed by atoms with van der Waals surface area (Å²) in [5.74, 6) is 1.95. The number of hydrogen-bond acceptors (Lipinski definition) is 4. The first-order valence-electron chi connectivity index (χ1n) is 11.6. The van der Waals surface area contributed by atoms with Crippen LogP contribution in [0.15, 0.2) is 0 Å². The standard InChI is InChI=1S/C13H26N2.C10H22N2/c14-12-5-1-10(2-6-12)9-11-3-7-13(15)8-4-11;1-9(2)4-8(12)5-10(3,6-9)7-11/h10-13H,1-9,14-15H2;8H,4-7,11-12H2,1-3H3. The van der Waals surface area contributed by atoms with Gasteiger partial charge < -0.3 is 22.9 Å². The summed E-state index contributed by atoms with van der Waals surface area (Å²) in [6.07, 6.45) is 15.5. The Bertz CT molecular complexity index is 402. The van der Waals surface area contributed by atoms with Gasteiger partial charge in [0.1, 0.15) is 0 Å². The van der Waals surface area contributed by atoms with Crippen LogP contribution in [0, 0.1) is 22.7 Å². The molecule has 0 heterocycles. The molecule has 0 aliphatic heterocycles. The third-order valence-corrected chi connectivity index (χ3v) is 7.42. The lowest BCUT2D eigenvalue weighted by atomic mass is 9.63. The van der Waals surface area contributed by atoms with Gasteiger partial charge in [-0.3, -0.25) is 0 Å². The molecular formula is C23H48N4. The lowest BCUT2D eigenvalue weighted by Crippen LogP contribution is -2.45. The summed E-state index contributed by atoms with van der Waals surface area (Å²) >= 11 is 0.